The van der Waals surface area contributed by atoms with Crippen molar-refractivity contribution < 1.29 is 0 Å². The lowest BCUT2D eigenvalue weighted by molar-refractivity contribution is 1.29. The molecule has 0 N–H and O–H groups in total. The summed E-state index contributed by atoms with van der Waals surface area (Å²) in [5, 5.41) is 11.3. The molecule has 0 amide bonds. The Hall–Kier alpha value is -4.82. The number of fused-ring (bicyclic) bond motifs is 3. The van der Waals surface area contributed by atoms with Gasteiger partial charge in [0.15, 0.2) is 0 Å². The Morgan fingerprint density at radius 1 is 0.444 bits per heavy atom. The van der Waals surface area contributed by atoms with Crippen LogP contribution < -0.4 is 0 Å². The third-order valence-electron chi connectivity index (χ3n) is 7.41. The fourth-order valence-corrected chi connectivity index (χ4v) is 5.76. The molecule has 2 aromatic heterocycles. The Kier molecular flexibility index (Phi) is 3.97. The van der Waals surface area contributed by atoms with E-state index in [1.165, 1.54) is 48.7 Å². The molecule has 36 heavy (non-hydrogen) atoms. The molecule has 0 atom stereocenters. The first-order chi connectivity index (χ1) is 17.8. The van der Waals surface area contributed by atoms with Crippen molar-refractivity contribution in [3.05, 3.63) is 121 Å². The van der Waals surface area contributed by atoms with Gasteiger partial charge in [0.25, 0.3) is 0 Å². The fraction of sp³-hybridized carbons (Fsp3) is 0. The molecule has 166 valence electrons. The molecule has 2 heteroatoms. The number of rotatable bonds is 2. The molecular weight excluding hydrogens is 436 g/mol. The lowest BCUT2D eigenvalue weighted by Crippen LogP contribution is -1.92. The highest BCUT2D eigenvalue weighted by Gasteiger charge is 2.14. The molecule has 0 saturated heterocycles. The average Bonchev–Trinajstić information content (AvgIpc) is 2.95. The Labute approximate surface area is 207 Å². The molecule has 0 bridgehead atoms. The van der Waals surface area contributed by atoms with Crippen molar-refractivity contribution >= 4 is 54.0 Å². The molecule has 0 aliphatic rings. The lowest BCUT2D eigenvalue weighted by Gasteiger charge is -2.13. The van der Waals surface area contributed by atoms with E-state index < -0.39 is 0 Å². The Morgan fingerprint density at radius 2 is 1.08 bits per heavy atom. The second-order valence-electron chi connectivity index (χ2n) is 9.46. The summed E-state index contributed by atoms with van der Waals surface area (Å²) in [6, 6.07) is 41.2. The number of hydrogen-bond acceptors (Lipinski definition) is 2. The second kappa shape index (κ2) is 7.34. The molecular formula is C34H20N2. The van der Waals surface area contributed by atoms with Crippen molar-refractivity contribution in [1.82, 2.24) is 9.97 Å². The summed E-state index contributed by atoms with van der Waals surface area (Å²) < 4.78 is 0. The topological polar surface area (TPSA) is 25.8 Å². The third-order valence-corrected chi connectivity index (χ3v) is 7.41. The molecule has 0 aliphatic heterocycles. The van der Waals surface area contributed by atoms with E-state index in [1.807, 2.05) is 12.3 Å². The molecule has 0 fully saturated rings. The number of pyridine rings is 2. The van der Waals surface area contributed by atoms with E-state index in [1.54, 1.807) is 0 Å². The number of aromatic nitrogens is 2. The SMILES string of the molecule is c1cc2ccc3cc(-c4ccnc(-c5nc6ccccc6c6ccccc56)c4)cc4ccc(c1)c2c34. The maximum absolute atomic E-state index is 5.06. The quantitative estimate of drug-likeness (QED) is 0.243. The smallest absolute Gasteiger partial charge is 0.0972 e. The van der Waals surface area contributed by atoms with E-state index in [2.05, 4.69) is 109 Å². The van der Waals surface area contributed by atoms with Crippen LogP contribution >= 0.6 is 0 Å². The number of hydrogen-bond donors (Lipinski definition) is 0. The van der Waals surface area contributed by atoms with E-state index in [-0.39, 0.29) is 0 Å². The Morgan fingerprint density at radius 3 is 1.86 bits per heavy atom. The molecule has 8 aromatic rings. The van der Waals surface area contributed by atoms with Crippen LogP contribution in [0, 0.1) is 0 Å². The highest BCUT2D eigenvalue weighted by molar-refractivity contribution is 6.23. The minimum absolute atomic E-state index is 0.888. The molecule has 0 aliphatic carbocycles. The summed E-state index contributed by atoms with van der Waals surface area (Å²) in [4.78, 5) is 9.83. The summed E-state index contributed by atoms with van der Waals surface area (Å²) in [6.45, 7) is 0. The first kappa shape index (κ1) is 19.5. The number of nitrogens with zero attached hydrogens (tertiary/aromatic N) is 2. The fourth-order valence-electron chi connectivity index (χ4n) is 5.76. The zero-order valence-electron chi connectivity index (χ0n) is 19.4. The van der Waals surface area contributed by atoms with Gasteiger partial charge in [-0.05, 0) is 79.2 Å². The maximum atomic E-state index is 5.06. The van der Waals surface area contributed by atoms with Gasteiger partial charge in [0.1, 0.15) is 0 Å². The molecule has 0 spiro atoms. The van der Waals surface area contributed by atoms with E-state index in [9.17, 15) is 0 Å². The van der Waals surface area contributed by atoms with E-state index in [0.29, 0.717) is 0 Å². The highest BCUT2D eigenvalue weighted by Crippen LogP contribution is 2.38. The Bertz CT molecular complexity index is 2040. The first-order valence-corrected chi connectivity index (χ1v) is 12.3. The van der Waals surface area contributed by atoms with Gasteiger partial charge in [0.2, 0.25) is 0 Å². The van der Waals surface area contributed by atoms with Gasteiger partial charge in [0, 0.05) is 17.0 Å². The minimum Gasteiger partial charge on any atom is -0.255 e. The van der Waals surface area contributed by atoms with Crippen molar-refractivity contribution in [1.29, 1.82) is 0 Å². The van der Waals surface area contributed by atoms with Crippen molar-refractivity contribution in [3.63, 3.8) is 0 Å². The van der Waals surface area contributed by atoms with Gasteiger partial charge in [0.05, 0.1) is 16.9 Å². The third kappa shape index (κ3) is 2.79. The zero-order valence-corrected chi connectivity index (χ0v) is 19.4. The summed E-state index contributed by atoms with van der Waals surface area (Å²) in [7, 11) is 0. The molecule has 8 rings (SSSR count). The van der Waals surface area contributed by atoms with Crippen LogP contribution in [0.2, 0.25) is 0 Å². The van der Waals surface area contributed by atoms with Gasteiger partial charge in [-0.3, -0.25) is 4.98 Å². The van der Waals surface area contributed by atoms with Gasteiger partial charge in [-0.25, -0.2) is 4.98 Å². The van der Waals surface area contributed by atoms with Gasteiger partial charge in [-0.2, -0.15) is 0 Å². The van der Waals surface area contributed by atoms with Gasteiger partial charge in [-0.15, -0.1) is 0 Å². The van der Waals surface area contributed by atoms with Crippen LogP contribution in [0.25, 0.3) is 76.5 Å². The lowest BCUT2D eigenvalue weighted by atomic mass is 9.91. The standard InChI is InChI=1S/C34H20N2/c1-2-10-29-27(8-1)28-9-3-4-11-30(28)36-34(29)31-20-23(16-17-35-31)26-18-24-14-12-21-6-5-7-22-13-15-25(19-26)33(24)32(21)22/h1-20H. The van der Waals surface area contributed by atoms with E-state index in [0.717, 1.165) is 27.9 Å². The van der Waals surface area contributed by atoms with Gasteiger partial charge in [-0.1, -0.05) is 84.9 Å². The largest absolute Gasteiger partial charge is 0.255 e. The van der Waals surface area contributed by atoms with E-state index >= 15 is 0 Å². The Balaban J connectivity index is 1.36. The molecule has 0 saturated carbocycles. The van der Waals surface area contributed by atoms with Crippen molar-refractivity contribution in [2.45, 2.75) is 0 Å². The molecule has 6 aromatic carbocycles. The predicted molar refractivity (Wildman–Crippen MR) is 152 cm³/mol. The molecule has 0 unspecified atom stereocenters. The highest BCUT2D eigenvalue weighted by atomic mass is 14.8. The summed E-state index contributed by atoms with van der Waals surface area (Å²) in [6.07, 6.45) is 1.90. The van der Waals surface area contributed by atoms with E-state index in [4.69, 9.17) is 9.97 Å². The second-order valence-corrected chi connectivity index (χ2v) is 9.46. The molecule has 0 radical (unpaired) electrons. The van der Waals surface area contributed by atoms with Crippen molar-refractivity contribution in [2.24, 2.45) is 0 Å². The van der Waals surface area contributed by atoms with Crippen LogP contribution in [0.5, 0.6) is 0 Å². The molecule has 2 heterocycles. The van der Waals surface area contributed by atoms with Crippen LogP contribution in [-0.4, -0.2) is 9.97 Å². The van der Waals surface area contributed by atoms with Crippen LogP contribution in [0.1, 0.15) is 0 Å². The van der Waals surface area contributed by atoms with Crippen LogP contribution in [0.15, 0.2) is 121 Å². The monoisotopic (exact) mass is 456 g/mol. The summed E-state index contributed by atoms with van der Waals surface area (Å²) in [5.74, 6) is 0. The first-order valence-electron chi connectivity index (χ1n) is 12.3. The van der Waals surface area contributed by atoms with Crippen LogP contribution in [-0.2, 0) is 0 Å². The van der Waals surface area contributed by atoms with Gasteiger partial charge < -0.3 is 0 Å². The van der Waals surface area contributed by atoms with Crippen LogP contribution in [0.3, 0.4) is 0 Å². The predicted octanol–water partition coefficient (Wildman–Crippen LogP) is 9.01. The average molecular weight is 457 g/mol. The summed E-state index contributed by atoms with van der Waals surface area (Å²) >= 11 is 0. The van der Waals surface area contributed by atoms with Crippen LogP contribution in [0.4, 0.5) is 0 Å². The van der Waals surface area contributed by atoms with Crippen molar-refractivity contribution in [2.75, 3.05) is 0 Å². The number of para-hydroxylation sites is 1. The number of benzene rings is 6. The zero-order chi connectivity index (χ0) is 23.6. The minimum atomic E-state index is 0.888. The molecule has 2 nitrogen and oxygen atoms in total. The normalized spacial score (nSPS) is 11.9. The maximum Gasteiger partial charge on any atom is 0.0972 e. The van der Waals surface area contributed by atoms with Gasteiger partial charge >= 0.3 is 0 Å². The summed E-state index contributed by atoms with van der Waals surface area (Å²) in [5.41, 5.74) is 5.13. The van der Waals surface area contributed by atoms with Crippen molar-refractivity contribution in [3.8, 4) is 22.5 Å².